The molecule has 3 N–H and O–H groups in total. The number of H-pyrrole nitrogens is 1. The zero-order chi connectivity index (χ0) is 21.8. The minimum absolute atomic E-state index is 0.161. The minimum atomic E-state index is -0.794. The second-order valence-corrected chi connectivity index (χ2v) is 6.39. The Labute approximate surface area is 171 Å². The lowest BCUT2D eigenvalue weighted by Gasteiger charge is -2.12. The third kappa shape index (κ3) is 4.14. The van der Waals surface area contributed by atoms with Gasteiger partial charge in [0.2, 0.25) is 11.8 Å². The van der Waals surface area contributed by atoms with Gasteiger partial charge in [-0.1, -0.05) is 12.1 Å². The first-order valence-corrected chi connectivity index (χ1v) is 8.97. The molecular weight excluding hydrogens is 388 g/mol. The average molecular weight is 408 g/mol. The number of benzene rings is 2. The van der Waals surface area contributed by atoms with E-state index in [1.807, 2.05) is 0 Å². The van der Waals surface area contributed by atoms with E-state index in [1.54, 1.807) is 48.5 Å². The van der Waals surface area contributed by atoms with Gasteiger partial charge >= 0.3 is 5.69 Å². The Hall–Kier alpha value is -4.14. The first kappa shape index (κ1) is 20.6. The van der Waals surface area contributed by atoms with Gasteiger partial charge in [-0.15, -0.1) is 0 Å². The second kappa shape index (κ2) is 8.48. The molecule has 3 aromatic rings. The number of carbonyl (C=O) groups excluding carboxylic acids is 1. The van der Waals surface area contributed by atoms with Crippen molar-refractivity contribution < 1.29 is 14.6 Å². The highest BCUT2D eigenvalue weighted by atomic mass is 16.5. The summed E-state index contributed by atoms with van der Waals surface area (Å²) in [4.78, 5) is 42.8. The molecule has 2 aromatic carbocycles. The number of aromatic hydroxyl groups is 1. The van der Waals surface area contributed by atoms with Crippen molar-refractivity contribution in [3.8, 4) is 17.3 Å². The average Bonchev–Trinajstić information content (AvgIpc) is 2.69. The Morgan fingerprint density at radius 2 is 1.77 bits per heavy atom. The predicted octanol–water partition coefficient (Wildman–Crippen LogP) is 2.34. The molecule has 0 unspecified atom stereocenters. The summed E-state index contributed by atoms with van der Waals surface area (Å²) in [5.41, 5.74) is -0.396. The number of ether oxygens (including phenoxy) is 1. The van der Waals surface area contributed by atoms with Crippen molar-refractivity contribution in [2.75, 3.05) is 12.4 Å². The number of aromatic amines is 1. The maximum absolute atomic E-state index is 12.4. The maximum Gasteiger partial charge on any atom is 0.335 e. The molecule has 0 atom stereocenters. The van der Waals surface area contributed by atoms with E-state index in [2.05, 4.69) is 15.3 Å². The molecule has 1 heterocycles. The number of anilines is 1. The van der Waals surface area contributed by atoms with E-state index < -0.39 is 17.1 Å². The van der Waals surface area contributed by atoms with Crippen LogP contribution in [0, 0.1) is 0 Å². The molecule has 1 aromatic heterocycles. The SMILES string of the molecule is COc1ccc(-n2c(O)c(C(C)=Nc3ccccc3NC(C)=O)c(=O)[nH]c2=O)cc1. The van der Waals surface area contributed by atoms with Crippen LogP contribution in [0.15, 0.2) is 63.1 Å². The fourth-order valence-corrected chi connectivity index (χ4v) is 2.93. The summed E-state index contributed by atoms with van der Waals surface area (Å²) < 4.78 is 6.06. The number of nitrogens with one attached hydrogen (secondary N) is 2. The van der Waals surface area contributed by atoms with E-state index >= 15 is 0 Å². The van der Waals surface area contributed by atoms with Gasteiger partial charge in [-0.2, -0.15) is 0 Å². The summed E-state index contributed by atoms with van der Waals surface area (Å²) in [5.74, 6) is -0.250. The summed E-state index contributed by atoms with van der Waals surface area (Å²) in [7, 11) is 1.51. The van der Waals surface area contributed by atoms with Crippen LogP contribution < -0.4 is 21.3 Å². The third-order valence-electron chi connectivity index (χ3n) is 4.28. The van der Waals surface area contributed by atoms with Crippen molar-refractivity contribution in [2.24, 2.45) is 4.99 Å². The number of aliphatic imine (C=N–C) groups is 1. The zero-order valence-corrected chi connectivity index (χ0v) is 16.6. The highest BCUT2D eigenvalue weighted by Crippen LogP contribution is 2.26. The number of amides is 1. The highest BCUT2D eigenvalue weighted by Gasteiger charge is 2.18. The highest BCUT2D eigenvalue weighted by molar-refractivity contribution is 6.03. The Bertz CT molecular complexity index is 1240. The first-order chi connectivity index (χ1) is 14.3. The summed E-state index contributed by atoms with van der Waals surface area (Å²) in [5, 5.41) is 13.4. The van der Waals surface area contributed by atoms with Crippen LogP contribution in [-0.2, 0) is 4.79 Å². The van der Waals surface area contributed by atoms with Crippen molar-refractivity contribution in [3.05, 3.63) is 74.9 Å². The molecule has 9 heteroatoms. The molecule has 0 spiro atoms. The van der Waals surface area contributed by atoms with Crippen molar-refractivity contribution in [2.45, 2.75) is 13.8 Å². The van der Waals surface area contributed by atoms with Gasteiger partial charge < -0.3 is 15.2 Å². The van der Waals surface area contributed by atoms with Crippen LogP contribution in [0.1, 0.15) is 19.4 Å². The quantitative estimate of drug-likeness (QED) is 0.559. The summed E-state index contributed by atoms with van der Waals surface area (Å²) >= 11 is 0. The van der Waals surface area contributed by atoms with Gasteiger partial charge in [-0.05, 0) is 43.3 Å². The zero-order valence-electron chi connectivity index (χ0n) is 16.6. The number of rotatable bonds is 5. The van der Waals surface area contributed by atoms with Gasteiger partial charge in [-0.25, -0.2) is 9.36 Å². The molecule has 1 amide bonds. The molecule has 0 aliphatic carbocycles. The summed E-state index contributed by atoms with van der Waals surface area (Å²) in [6.07, 6.45) is 0. The predicted molar refractivity (Wildman–Crippen MR) is 113 cm³/mol. The molecule has 0 saturated heterocycles. The fourth-order valence-electron chi connectivity index (χ4n) is 2.93. The lowest BCUT2D eigenvalue weighted by Crippen LogP contribution is -2.32. The van der Waals surface area contributed by atoms with Gasteiger partial charge in [0.15, 0.2) is 0 Å². The maximum atomic E-state index is 12.4. The molecule has 0 fully saturated rings. The van der Waals surface area contributed by atoms with Crippen LogP contribution in [0.3, 0.4) is 0 Å². The third-order valence-corrected chi connectivity index (χ3v) is 4.28. The van der Waals surface area contributed by atoms with Crippen LogP contribution in [0.4, 0.5) is 11.4 Å². The smallest absolute Gasteiger partial charge is 0.335 e. The van der Waals surface area contributed by atoms with E-state index in [0.717, 1.165) is 4.57 Å². The second-order valence-electron chi connectivity index (χ2n) is 6.39. The molecule has 0 bridgehead atoms. The number of nitrogens with zero attached hydrogens (tertiary/aromatic N) is 2. The molecule has 0 aliphatic heterocycles. The number of methoxy groups -OCH3 is 1. The number of carbonyl (C=O) groups is 1. The monoisotopic (exact) mass is 408 g/mol. The molecule has 0 radical (unpaired) electrons. The fraction of sp³-hybridized carbons (Fsp3) is 0.143. The van der Waals surface area contributed by atoms with Crippen LogP contribution in [-0.4, -0.2) is 33.4 Å². The topological polar surface area (TPSA) is 126 Å². The van der Waals surface area contributed by atoms with Gasteiger partial charge in [0.25, 0.3) is 5.56 Å². The summed E-state index contributed by atoms with van der Waals surface area (Å²) in [6.45, 7) is 2.90. The molecule has 9 nitrogen and oxygen atoms in total. The standard InChI is InChI=1S/C21H20N4O5/c1-12(22-16-6-4-5-7-17(16)23-13(2)26)18-19(27)24-21(29)25(20(18)28)14-8-10-15(30-3)11-9-14/h4-11,28H,1-3H3,(H,23,26)(H,24,27,29). The lowest BCUT2D eigenvalue weighted by atomic mass is 10.2. The largest absolute Gasteiger partial charge is 0.497 e. The summed E-state index contributed by atoms with van der Waals surface area (Å²) in [6, 6.07) is 13.2. The number of aromatic nitrogens is 2. The van der Waals surface area contributed by atoms with Crippen molar-refractivity contribution in [1.29, 1.82) is 0 Å². The van der Waals surface area contributed by atoms with E-state index in [-0.39, 0.29) is 17.2 Å². The first-order valence-electron chi connectivity index (χ1n) is 8.97. The van der Waals surface area contributed by atoms with Crippen molar-refractivity contribution >= 4 is 23.0 Å². The van der Waals surface area contributed by atoms with E-state index in [0.29, 0.717) is 22.8 Å². The van der Waals surface area contributed by atoms with E-state index in [9.17, 15) is 19.5 Å². The normalized spacial score (nSPS) is 11.2. The van der Waals surface area contributed by atoms with Gasteiger partial charge in [0.1, 0.15) is 11.3 Å². The molecule has 0 aliphatic rings. The van der Waals surface area contributed by atoms with Crippen LogP contribution in [0.2, 0.25) is 0 Å². The van der Waals surface area contributed by atoms with Gasteiger partial charge in [-0.3, -0.25) is 19.6 Å². The number of para-hydroxylation sites is 2. The van der Waals surface area contributed by atoms with Crippen LogP contribution >= 0.6 is 0 Å². The van der Waals surface area contributed by atoms with Gasteiger partial charge in [0.05, 0.1) is 29.9 Å². The Kier molecular flexibility index (Phi) is 5.82. The van der Waals surface area contributed by atoms with Crippen LogP contribution in [0.5, 0.6) is 11.6 Å². The number of hydrogen-bond acceptors (Lipinski definition) is 6. The van der Waals surface area contributed by atoms with E-state index in [4.69, 9.17) is 4.74 Å². The lowest BCUT2D eigenvalue weighted by molar-refractivity contribution is -0.114. The Morgan fingerprint density at radius 1 is 1.10 bits per heavy atom. The molecule has 3 rings (SSSR count). The van der Waals surface area contributed by atoms with Gasteiger partial charge in [0, 0.05) is 6.92 Å². The Morgan fingerprint density at radius 3 is 2.40 bits per heavy atom. The number of hydrogen-bond donors (Lipinski definition) is 3. The Balaban J connectivity index is 2.15. The van der Waals surface area contributed by atoms with E-state index in [1.165, 1.54) is 21.0 Å². The molecule has 30 heavy (non-hydrogen) atoms. The van der Waals surface area contributed by atoms with Crippen LogP contribution in [0.25, 0.3) is 5.69 Å². The van der Waals surface area contributed by atoms with Crippen molar-refractivity contribution in [1.82, 2.24) is 9.55 Å². The minimum Gasteiger partial charge on any atom is -0.497 e. The molecule has 0 saturated carbocycles. The van der Waals surface area contributed by atoms with Crippen molar-refractivity contribution in [3.63, 3.8) is 0 Å². The molecule has 154 valence electrons. The molecular formula is C21H20N4O5.